The number of piperidine rings is 1. The van der Waals surface area contributed by atoms with Gasteiger partial charge in [0.05, 0.1) is 11.0 Å². The van der Waals surface area contributed by atoms with Crippen LogP contribution in [-0.2, 0) is 7.05 Å². The zero-order chi connectivity index (χ0) is 27.7. The highest BCUT2D eigenvalue weighted by Crippen LogP contribution is 2.30. The first-order valence-electron chi connectivity index (χ1n) is 13.2. The molecule has 5 rings (SSSR count). The number of carbonyl (C=O) groups is 2. The van der Waals surface area contributed by atoms with E-state index in [0.717, 1.165) is 28.4 Å². The van der Waals surface area contributed by atoms with Gasteiger partial charge in [0.2, 0.25) is 0 Å². The second kappa shape index (κ2) is 11.1. The Hall–Kier alpha value is -3.78. The Morgan fingerprint density at radius 3 is 2.38 bits per heavy atom. The number of fused-ring (bicyclic) bond motifs is 1. The minimum absolute atomic E-state index is 0.0724. The maximum absolute atomic E-state index is 13.2. The van der Waals surface area contributed by atoms with Crippen LogP contribution in [0.1, 0.15) is 70.5 Å². The van der Waals surface area contributed by atoms with E-state index >= 15 is 0 Å². The molecule has 7 nitrogen and oxygen atoms in total. The van der Waals surface area contributed by atoms with Crippen molar-refractivity contribution >= 4 is 44.5 Å². The van der Waals surface area contributed by atoms with E-state index in [0.29, 0.717) is 41.6 Å². The minimum Gasteiger partial charge on any atom is -0.339 e. The second-order valence-electron chi connectivity index (χ2n) is 10.4. The maximum atomic E-state index is 13.2. The molecule has 0 unspecified atom stereocenters. The van der Waals surface area contributed by atoms with Crippen molar-refractivity contribution in [3.63, 3.8) is 0 Å². The molecule has 4 aromatic rings. The number of aromatic nitrogens is 2. The van der Waals surface area contributed by atoms with E-state index < -0.39 is 11.5 Å². The number of halogens is 1. The molecule has 0 atom stereocenters. The minimum atomic E-state index is -0.533. The van der Waals surface area contributed by atoms with E-state index in [1.807, 2.05) is 53.4 Å². The largest absolute Gasteiger partial charge is 0.339 e. The maximum Gasteiger partial charge on any atom is 0.282 e. The Balaban J connectivity index is 1.22. The number of nitrogens with one attached hydrogen (secondary N) is 1. The Kier molecular flexibility index (Phi) is 7.66. The lowest BCUT2D eigenvalue weighted by Gasteiger charge is -2.32. The number of amides is 2. The quantitative estimate of drug-likeness (QED) is 0.306. The highest BCUT2D eigenvalue weighted by Gasteiger charge is 2.25. The van der Waals surface area contributed by atoms with E-state index in [-0.39, 0.29) is 11.6 Å². The van der Waals surface area contributed by atoms with Crippen LogP contribution in [-0.4, -0.2) is 39.4 Å². The monoisotopic (exact) mass is 586 g/mol. The van der Waals surface area contributed by atoms with Gasteiger partial charge < -0.3 is 14.8 Å². The highest BCUT2D eigenvalue weighted by atomic mass is 79.9. The summed E-state index contributed by atoms with van der Waals surface area (Å²) in [6, 6.07) is 20.9. The number of aryl methyl sites for hydroxylation is 1. The van der Waals surface area contributed by atoms with Crippen molar-refractivity contribution < 1.29 is 9.59 Å². The molecule has 1 fully saturated rings. The standard InChI is InChI=1S/C31H31BrN4O3/c1-19(2)22-16-23(18-24(32)17-22)30(38)36-14-12-21(13-15-36)20-8-10-25(11-9-20)33-29(37)28-31(39)35(3)27-7-5-4-6-26(27)34-28/h4-11,16-19,21H,12-15H2,1-3H3,(H,33,37). The molecule has 2 heterocycles. The first-order valence-corrected chi connectivity index (χ1v) is 14.0. The van der Waals surface area contributed by atoms with Crippen LogP contribution in [0.3, 0.4) is 0 Å². The van der Waals surface area contributed by atoms with E-state index in [4.69, 9.17) is 0 Å². The van der Waals surface area contributed by atoms with E-state index in [1.54, 1.807) is 19.2 Å². The van der Waals surface area contributed by atoms with Gasteiger partial charge in [-0.05, 0) is 78.3 Å². The summed E-state index contributed by atoms with van der Waals surface area (Å²) < 4.78 is 2.37. The van der Waals surface area contributed by atoms with Gasteiger partial charge in [0, 0.05) is 35.9 Å². The first kappa shape index (κ1) is 26.8. The van der Waals surface area contributed by atoms with Crippen molar-refractivity contribution in [2.45, 2.75) is 38.5 Å². The van der Waals surface area contributed by atoms with Gasteiger partial charge in [0.15, 0.2) is 5.69 Å². The topological polar surface area (TPSA) is 84.3 Å². The average molecular weight is 588 g/mol. The number of hydrogen-bond donors (Lipinski definition) is 1. The number of benzene rings is 3. The molecular weight excluding hydrogens is 556 g/mol. The van der Waals surface area contributed by atoms with Gasteiger partial charge in [-0.3, -0.25) is 14.4 Å². The zero-order valence-corrected chi connectivity index (χ0v) is 23.9. The van der Waals surface area contributed by atoms with E-state index in [1.165, 1.54) is 10.1 Å². The van der Waals surface area contributed by atoms with E-state index in [9.17, 15) is 14.4 Å². The fourth-order valence-electron chi connectivity index (χ4n) is 5.12. The van der Waals surface area contributed by atoms with Crippen molar-refractivity contribution in [2.75, 3.05) is 18.4 Å². The molecule has 0 spiro atoms. The van der Waals surface area contributed by atoms with Crippen LogP contribution in [0.4, 0.5) is 5.69 Å². The van der Waals surface area contributed by atoms with Crippen molar-refractivity contribution in [1.29, 1.82) is 0 Å². The van der Waals surface area contributed by atoms with Crippen molar-refractivity contribution in [1.82, 2.24) is 14.5 Å². The van der Waals surface area contributed by atoms with Gasteiger partial charge >= 0.3 is 0 Å². The lowest BCUT2D eigenvalue weighted by atomic mass is 9.89. The molecule has 3 aromatic carbocycles. The Bertz CT molecular complexity index is 1600. The predicted octanol–water partition coefficient (Wildman–Crippen LogP) is 6.09. The summed E-state index contributed by atoms with van der Waals surface area (Å²) in [4.78, 5) is 45.0. The lowest BCUT2D eigenvalue weighted by Crippen LogP contribution is -2.38. The predicted molar refractivity (Wildman–Crippen MR) is 157 cm³/mol. The third-order valence-corrected chi connectivity index (χ3v) is 7.91. The molecule has 0 aliphatic carbocycles. The fourth-order valence-corrected chi connectivity index (χ4v) is 5.63. The molecule has 1 aromatic heterocycles. The normalized spacial score (nSPS) is 14.1. The molecular formula is C31H31BrN4O3. The van der Waals surface area contributed by atoms with Gasteiger partial charge in [0.25, 0.3) is 17.4 Å². The van der Waals surface area contributed by atoms with Crippen molar-refractivity contribution in [3.8, 4) is 0 Å². The summed E-state index contributed by atoms with van der Waals surface area (Å²) >= 11 is 3.55. The summed E-state index contributed by atoms with van der Waals surface area (Å²) in [6.45, 7) is 5.64. The Morgan fingerprint density at radius 2 is 1.69 bits per heavy atom. The third kappa shape index (κ3) is 5.66. The molecule has 2 amide bonds. The average Bonchev–Trinajstić information content (AvgIpc) is 2.94. The fraction of sp³-hybridized carbons (Fsp3) is 0.290. The van der Waals surface area contributed by atoms with Gasteiger partial charge in [0.1, 0.15) is 0 Å². The van der Waals surface area contributed by atoms with Crippen LogP contribution in [0.15, 0.2) is 76.0 Å². The molecule has 1 N–H and O–H groups in total. The van der Waals surface area contributed by atoms with Crippen LogP contribution < -0.4 is 10.9 Å². The van der Waals surface area contributed by atoms with Gasteiger partial charge in [-0.1, -0.05) is 54.0 Å². The molecule has 0 saturated carbocycles. The number of para-hydroxylation sites is 2. The van der Waals surface area contributed by atoms with E-state index in [2.05, 4.69) is 46.1 Å². The van der Waals surface area contributed by atoms with Crippen molar-refractivity contribution in [2.24, 2.45) is 7.05 Å². The first-order chi connectivity index (χ1) is 18.7. The Labute approximate surface area is 236 Å². The summed E-state index contributed by atoms with van der Waals surface area (Å²) in [6.07, 6.45) is 1.75. The summed E-state index contributed by atoms with van der Waals surface area (Å²) in [5, 5.41) is 2.81. The summed E-state index contributed by atoms with van der Waals surface area (Å²) in [7, 11) is 1.64. The van der Waals surface area contributed by atoms with Crippen LogP contribution in [0.25, 0.3) is 11.0 Å². The van der Waals surface area contributed by atoms with Crippen LogP contribution in [0.5, 0.6) is 0 Å². The second-order valence-corrected chi connectivity index (χ2v) is 11.3. The molecule has 1 saturated heterocycles. The molecule has 1 aliphatic rings. The van der Waals surface area contributed by atoms with Gasteiger partial charge in [-0.15, -0.1) is 0 Å². The molecule has 200 valence electrons. The van der Waals surface area contributed by atoms with Crippen molar-refractivity contribution in [3.05, 3.63) is 104 Å². The van der Waals surface area contributed by atoms with Crippen LogP contribution >= 0.6 is 15.9 Å². The van der Waals surface area contributed by atoms with Crippen LogP contribution in [0.2, 0.25) is 0 Å². The number of carbonyl (C=O) groups excluding carboxylic acids is 2. The third-order valence-electron chi connectivity index (χ3n) is 7.45. The number of likely N-dealkylation sites (tertiary alicyclic amines) is 1. The molecule has 39 heavy (non-hydrogen) atoms. The van der Waals surface area contributed by atoms with Gasteiger partial charge in [-0.25, -0.2) is 4.98 Å². The molecule has 0 bridgehead atoms. The number of nitrogens with zero attached hydrogens (tertiary/aromatic N) is 3. The summed E-state index contributed by atoms with van der Waals surface area (Å²) in [5.41, 5.74) is 4.33. The number of anilines is 1. The molecule has 1 aliphatic heterocycles. The number of rotatable bonds is 5. The zero-order valence-electron chi connectivity index (χ0n) is 22.3. The van der Waals surface area contributed by atoms with Crippen LogP contribution in [0, 0.1) is 0 Å². The molecule has 8 heteroatoms. The number of hydrogen-bond acceptors (Lipinski definition) is 4. The lowest BCUT2D eigenvalue weighted by molar-refractivity contribution is 0.0712. The summed E-state index contributed by atoms with van der Waals surface area (Å²) in [5.74, 6) is 0.223. The smallest absolute Gasteiger partial charge is 0.282 e. The van der Waals surface area contributed by atoms with Gasteiger partial charge in [-0.2, -0.15) is 0 Å². The molecule has 0 radical (unpaired) electrons. The highest BCUT2D eigenvalue weighted by molar-refractivity contribution is 9.10. The SMILES string of the molecule is CC(C)c1cc(Br)cc(C(=O)N2CCC(c3ccc(NC(=O)c4nc5ccccc5n(C)c4=O)cc3)CC2)c1. The Morgan fingerprint density at radius 1 is 1.00 bits per heavy atom.